The quantitative estimate of drug-likeness (QED) is 0.820. The largest absolute Gasteiger partial charge is 0.396 e. The molecule has 0 aliphatic carbocycles. The molecular weight excluding hydrogens is 292 g/mol. The lowest BCUT2D eigenvalue weighted by Crippen LogP contribution is -2.39. The lowest BCUT2D eigenvalue weighted by Gasteiger charge is -2.25. The summed E-state index contributed by atoms with van der Waals surface area (Å²) >= 11 is 3.02. The lowest BCUT2D eigenvalue weighted by molar-refractivity contribution is 0.229. The third-order valence-electron chi connectivity index (χ3n) is 2.62. The van der Waals surface area contributed by atoms with Crippen LogP contribution < -0.4 is 5.32 Å². The third kappa shape index (κ3) is 4.01. The molecule has 0 heterocycles. The first-order valence-electron chi connectivity index (χ1n) is 5.35. The van der Waals surface area contributed by atoms with Gasteiger partial charge in [-0.25, -0.2) is 8.78 Å². The summed E-state index contributed by atoms with van der Waals surface area (Å²) < 4.78 is 27.3. The molecule has 0 atom stereocenters. The van der Waals surface area contributed by atoms with Crippen molar-refractivity contribution in [1.29, 1.82) is 0 Å². The van der Waals surface area contributed by atoms with E-state index in [1.54, 1.807) is 0 Å². The zero-order chi connectivity index (χ0) is 13.1. The van der Waals surface area contributed by atoms with Gasteiger partial charge in [-0.2, -0.15) is 0 Å². The molecule has 0 aliphatic rings. The van der Waals surface area contributed by atoms with Gasteiger partial charge in [0.05, 0.1) is 4.47 Å². The molecule has 0 unspecified atom stereocenters. The summed E-state index contributed by atoms with van der Waals surface area (Å²) in [6, 6.07) is 2.57. The Hall–Kier alpha value is -0.520. The average Bonchev–Trinajstić information content (AvgIpc) is 2.23. The minimum absolute atomic E-state index is 0.00499. The summed E-state index contributed by atoms with van der Waals surface area (Å²) in [5.41, 5.74) is -0.360. The molecule has 0 spiro atoms. The number of aliphatic hydroxyl groups is 1. The van der Waals surface area contributed by atoms with E-state index in [1.807, 2.05) is 13.8 Å². The van der Waals surface area contributed by atoms with Crippen molar-refractivity contribution < 1.29 is 13.9 Å². The van der Waals surface area contributed by atoms with Crippen LogP contribution >= 0.6 is 15.9 Å². The van der Waals surface area contributed by atoms with E-state index in [9.17, 15) is 8.78 Å². The Kier molecular flexibility index (Phi) is 5.04. The van der Waals surface area contributed by atoms with Gasteiger partial charge < -0.3 is 10.4 Å². The van der Waals surface area contributed by atoms with Gasteiger partial charge in [-0.3, -0.25) is 0 Å². The maximum Gasteiger partial charge on any atom is 0.144 e. The van der Waals surface area contributed by atoms with Crippen LogP contribution in [0.1, 0.15) is 25.8 Å². The predicted octanol–water partition coefficient (Wildman–Crippen LogP) is 2.98. The van der Waals surface area contributed by atoms with E-state index in [0.717, 1.165) is 0 Å². The maximum absolute atomic E-state index is 13.6. The van der Waals surface area contributed by atoms with E-state index >= 15 is 0 Å². The second kappa shape index (κ2) is 5.89. The second-order valence-corrected chi connectivity index (χ2v) is 5.39. The molecule has 0 amide bonds. The van der Waals surface area contributed by atoms with E-state index in [0.29, 0.717) is 6.42 Å². The van der Waals surface area contributed by atoms with Crippen LogP contribution in [0.25, 0.3) is 0 Å². The number of benzene rings is 1. The molecule has 0 saturated heterocycles. The highest BCUT2D eigenvalue weighted by Crippen LogP contribution is 2.22. The molecule has 2 nitrogen and oxygen atoms in total. The molecule has 0 bridgehead atoms. The molecule has 0 aliphatic heterocycles. The monoisotopic (exact) mass is 307 g/mol. The normalized spacial score (nSPS) is 11.9. The molecule has 2 N–H and O–H groups in total. The highest BCUT2D eigenvalue weighted by atomic mass is 79.9. The van der Waals surface area contributed by atoms with Crippen molar-refractivity contribution in [3.8, 4) is 0 Å². The van der Waals surface area contributed by atoms with Crippen LogP contribution in [0.4, 0.5) is 8.78 Å². The molecule has 0 aromatic heterocycles. The summed E-state index contributed by atoms with van der Waals surface area (Å²) in [5.74, 6) is -1.16. The average molecular weight is 308 g/mol. The molecule has 0 fully saturated rings. The first-order chi connectivity index (χ1) is 7.87. The molecular formula is C12H16BrF2NO. The first-order valence-corrected chi connectivity index (χ1v) is 6.15. The highest BCUT2D eigenvalue weighted by molar-refractivity contribution is 9.10. The highest BCUT2D eigenvalue weighted by Gasteiger charge is 2.19. The SMILES string of the molecule is CC(C)(CCO)NCc1c(F)ccc(Br)c1F. The molecule has 5 heteroatoms. The van der Waals surface area contributed by atoms with Crippen molar-refractivity contribution >= 4 is 15.9 Å². The van der Waals surface area contributed by atoms with Crippen molar-refractivity contribution in [3.05, 3.63) is 33.8 Å². The minimum Gasteiger partial charge on any atom is -0.396 e. The maximum atomic E-state index is 13.6. The first kappa shape index (κ1) is 14.5. The Morgan fingerprint density at radius 3 is 2.59 bits per heavy atom. The van der Waals surface area contributed by atoms with Crippen molar-refractivity contribution in [3.63, 3.8) is 0 Å². The van der Waals surface area contributed by atoms with E-state index in [1.165, 1.54) is 12.1 Å². The third-order valence-corrected chi connectivity index (χ3v) is 3.23. The number of hydrogen-bond donors (Lipinski definition) is 2. The van der Waals surface area contributed by atoms with Crippen molar-refractivity contribution in [1.82, 2.24) is 5.32 Å². The van der Waals surface area contributed by atoms with Gasteiger partial charge in [-0.05, 0) is 48.3 Å². The standard InChI is InChI=1S/C12H16BrF2NO/c1-12(2,5-6-17)16-7-8-10(14)4-3-9(13)11(8)15/h3-4,16-17H,5-7H2,1-2H3. The van der Waals surface area contributed by atoms with Crippen molar-refractivity contribution in [2.45, 2.75) is 32.4 Å². The molecule has 1 aromatic rings. The fraction of sp³-hybridized carbons (Fsp3) is 0.500. The van der Waals surface area contributed by atoms with E-state index < -0.39 is 11.6 Å². The molecule has 1 rings (SSSR count). The summed E-state index contributed by atoms with van der Waals surface area (Å²) in [6.45, 7) is 3.86. The topological polar surface area (TPSA) is 32.3 Å². The van der Waals surface area contributed by atoms with Crippen LogP contribution in [-0.2, 0) is 6.54 Å². The molecule has 1 aromatic carbocycles. The molecule has 96 valence electrons. The van der Waals surface area contributed by atoms with Crippen LogP contribution in [0.15, 0.2) is 16.6 Å². The van der Waals surface area contributed by atoms with Gasteiger partial charge in [0.15, 0.2) is 0 Å². The number of aliphatic hydroxyl groups excluding tert-OH is 1. The summed E-state index contributed by atoms with van der Waals surface area (Å²) in [5, 5.41) is 11.9. The predicted molar refractivity (Wildman–Crippen MR) is 66.7 cm³/mol. The Bertz CT molecular complexity index is 396. The fourth-order valence-electron chi connectivity index (χ4n) is 1.43. The van der Waals surface area contributed by atoms with Crippen LogP contribution in [-0.4, -0.2) is 17.3 Å². The fourth-order valence-corrected chi connectivity index (χ4v) is 1.80. The summed E-state index contributed by atoms with van der Waals surface area (Å²) in [4.78, 5) is 0. The number of nitrogens with one attached hydrogen (secondary N) is 1. The Morgan fingerprint density at radius 1 is 1.35 bits per heavy atom. The molecule has 0 saturated carbocycles. The van der Waals surface area contributed by atoms with Crippen molar-refractivity contribution in [2.75, 3.05) is 6.61 Å². The van der Waals surface area contributed by atoms with E-state index in [-0.39, 0.29) is 28.7 Å². The zero-order valence-electron chi connectivity index (χ0n) is 9.86. The van der Waals surface area contributed by atoms with Gasteiger partial charge in [0, 0.05) is 24.3 Å². The number of hydrogen-bond acceptors (Lipinski definition) is 2. The Balaban J connectivity index is 2.79. The van der Waals surface area contributed by atoms with Crippen molar-refractivity contribution in [2.24, 2.45) is 0 Å². The van der Waals surface area contributed by atoms with E-state index in [2.05, 4.69) is 21.2 Å². The number of rotatable bonds is 5. The van der Waals surface area contributed by atoms with Crippen LogP contribution in [0.3, 0.4) is 0 Å². The van der Waals surface area contributed by atoms with Crippen LogP contribution in [0.2, 0.25) is 0 Å². The summed E-state index contributed by atoms with van der Waals surface area (Å²) in [7, 11) is 0. The Morgan fingerprint density at radius 2 is 2.00 bits per heavy atom. The van der Waals surface area contributed by atoms with Gasteiger partial charge in [-0.1, -0.05) is 0 Å². The van der Waals surface area contributed by atoms with Crippen LogP contribution in [0.5, 0.6) is 0 Å². The molecule has 0 radical (unpaired) electrons. The smallest absolute Gasteiger partial charge is 0.144 e. The van der Waals surface area contributed by atoms with Gasteiger partial charge in [0.1, 0.15) is 11.6 Å². The Labute approximate surface area is 108 Å². The zero-order valence-corrected chi connectivity index (χ0v) is 11.4. The van der Waals surface area contributed by atoms with Gasteiger partial charge in [0.25, 0.3) is 0 Å². The second-order valence-electron chi connectivity index (χ2n) is 4.53. The molecule has 17 heavy (non-hydrogen) atoms. The summed E-state index contributed by atoms with van der Waals surface area (Å²) in [6.07, 6.45) is 0.518. The van der Waals surface area contributed by atoms with E-state index in [4.69, 9.17) is 5.11 Å². The van der Waals surface area contributed by atoms with Gasteiger partial charge >= 0.3 is 0 Å². The van der Waals surface area contributed by atoms with Crippen LogP contribution in [0, 0.1) is 11.6 Å². The minimum atomic E-state index is -0.586. The lowest BCUT2D eigenvalue weighted by atomic mass is 10.0. The van der Waals surface area contributed by atoms with Gasteiger partial charge in [-0.15, -0.1) is 0 Å². The number of halogens is 3. The van der Waals surface area contributed by atoms with Gasteiger partial charge in [0.2, 0.25) is 0 Å².